The van der Waals surface area contributed by atoms with Crippen molar-refractivity contribution in [1.29, 1.82) is 0 Å². The molecule has 0 atom stereocenters. The number of halogens is 1. The Morgan fingerprint density at radius 3 is 2.46 bits per heavy atom. The third-order valence-electron chi connectivity index (χ3n) is 3.54. The van der Waals surface area contributed by atoms with Gasteiger partial charge in [0, 0.05) is 23.4 Å². The van der Waals surface area contributed by atoms with Crippen LogP contribution in [0.15, 0.2) is 41.3 Å². The average Bonchev–Trinajstić information content (AvgIpc) is 3.53. The van der Waals surface area contributed by atoms with E-state index in [0.29, 0.717) is 18.1 Å². The van der Waals surface area contributed by atoms with Crippen molar-refractivity contribution in [2.75, 3.05) is 12.4 Å². The molecule has 1 amide bonds. The highest BCUT2D eigenvalue weighted by atomic mass is 32.2. The zero-order valence-electron chi connectivity index (χ0n) is 15.5. The lowest BCUT2D eigenvalue weighted by molar-refractivity contribution is -0.109. The van der Waals surface area contributed by atoms with E-state index < -0.39 is 5.95 Å². The molecule has 1 aliphatic carbocycles. The number of carbonyl (C=O) groups excluding carboxylic acids is 1. The SMILES string of the molecule is CC.CNc1cccc(C2CC2)c1SCc1cccc(F)n1.NNC=O. The molecule has 1 fully saturated rings. The van der Waals surface area contributed by atoms with Crippen LogP contribution in [-0.4, -0.2) is 18.4 Å². The maximum absolute atomic E-state index is 13.1. The average molecular weight is 379 g/mol. The van der Waals surface area contributed by atoms with Crippen LogP contribution in [0.1, 0.15) is 43.9 Å². The smallest absolute Gasteiger partial charge is 0.221 e. The highest BCUT2D eigenvalue weighted by molar-refractivity contribution is 7.98. The minimum atomic E-state index is -0.410. The van der Waals surface area contributed by atoms with Gasteiger partial charge in [0.15, 0.2) is 0 Å². The third kappa shape index (κ3) is 7.01. The van der Waals surface area contributed by atoms with Gasteiger partial charge >= 0.3 is 0 Å². The maximum atomic E-state index is 13.1. The summed E-state index contributed by atoms with van der Waals surface area (Å²) in [5, 5.41) is 3.25. The number of aromatic nitrogens is 1. The molecular formula is C19H27FN4OS. The van der Waals surface area contributed by atoms with Gasteiger partial charge in [-0.05, 0) is 42.5 Å². The molecule has 3 rings (SSSR count). The van der Waals surface area contributed by atoms with Crippen molar-refractivity contribution in [3.8, 4) is 0 Å². The van der Waals surface area contributed by atoms with Crippen LogP contribution in [0.3, 0.4) is 0 Å². The van der Waals surface area contributed by atoms with Crippen molar-refractivity contribution >= 4 is 23.9 Å². The molecule has 0 spiro atoms. The second-order valence-electron chi connectivity index (χ2n) is 5.27. The van der Waals surface area contributed by atoms with Crippen molar-refractivity contribution in [2.24, 2.45) is 5.84 Å². The molecule has 0 saturated heterocycles. The number of nitrogens with two attached hydrogens (primary N) is 1. The van der Waals surface area contributed by atoms with E-state index in [0.717, 1.165) is 11.4 Å². The van der Waals surface area contributed by atoms with Crippen molar-refractivity contribution < 1.29 is 9.18 Å². The van der Waals surface area contributed by atoms with Gasteiger partial charge in [0.2, 0.25) is 12.4 Å². The van der Waals surface area contributed by atoms with E-state index in [1.54, 1.807) is 23.3 Å². The molecule has 7 heteroatoms. The molecule has 1 saturated carbocycles. The Balaban J connectivity index is 0.000000500. The lowest BCUT2D eigenvalue weighted by Gasteiger charge is -2.13. The topological polar surface area (TPSA) is 80.0 Å². The molecule has 0 unspecified atom stereocenters. The first-order valence-electron chi connectivity index (χ1n) is 8.64. The monoisotopic (exact) mass is 378 g/mol. The first-order chi connectivity index (χ1) is 12.7. The summed E-state index contributed by atoms with van der Waals surface area (Å²) in [4.78, 5) is 14.1. The number of hydrazine groups is 1. The molecule has 0 bridgehead atoms. The minimum Gasteiger partial charge on any atom is -0.387 e. The first kappa shape index (κ1) is 21.9. The van der Waals surface area contributed by atoms with Crippen LogP contribution < -0.4 is 16.6 Å². The van der Waals surface area contributed by atoms with Crippen LogP contribution in [0.25, 0.3) is 0 Å². The molecule has 5 nitrogen and oxygen atoms in total. The van der Waals surface area contributed by atoms with Crippen molar-refractivity contribution in [3.63, 3.8) is 0 Å². The minimum absolute atomic E-state index is 0.403. The van der Waals surface area contributed by atoms with Crippen LogP contribution in [0.5, 0.6) is 0 Å². The number of carbonyl (C=O) groups is 1. The fourth-order valence-electron chi connectivity index (χ4n) is 2.31. The van der Waals surface area contributed by atoms with Crippen molar-refractivity contribution in [3.05, 3.63) is 53.6 Å². The van der Waals surface area contributed by atoms with Gasteiger partial charge in [-0.2, -0.15) is 4.39 Å². The Morgan fingerprint density at radius 1 is 1.27 bits per heavy atom. The number of amides is 1. The van der Waals surface area contributed by atoms with Crippen LogP contribution in [0, 0.1) is 5.95 Å². The number of pyridine rings is 1. The number of nitrogens with zero attached hydrogens (tertiary/aromatic N) is 1. The predicted octanol–water partition coefficient (Wildman–Crippen LogP) is 4.06. The van der Waals surface area contributed by atoms with Gasteiger partial charge < -0.3 is 5.32 Å². The van der Waals surface area contributed by atoms with E-state index in [1.165, 1.54) is 29.4 Å². The fraction of sp³-hybridized carbons (Fsp3) is 0.368. The summed E-state index contributed by atoms with van der Waals surface area (Å²) in [5.74, 6) is 5.39. The van der Waals surface area contributed by atoms with Crippen molar-refractivity contribution in [1.82, 2.24) is 10.4 Å². The zero-order chi connectivity index (χ0) is 19.4. The second-order valence-corrected chi connectivity index (χ2v) is 6.26. The number of anilines is 1. The second kappa shape index (κ2) is 12.3. The lowest BCUT2D eigenvalue weighted by Crippen LogP contribution is -2.18. The van der Waals surface area contributed by atoms with Gasteiger partial charge in [-0.1, -0.05) is 32.0 Å². The number of hydrogen-bond acceptors (Lipinski definition) is 5. The van der Waals surface area contributed by atoms with E-state index in [1.807, 2.05) is 27.0 Å². The van der Waals surface area contributed by atoms with Crippen LogP contribution in [0.4, 0.5) is 10.1 Å². The number of rotatable bonds is 6. The summed E-state index contributed by atoms with van der Waals surface area (Å²) in [6.07, 6.45) is 2.96. The summed E-state index contributed by atoms with van der Waals surface area (Å²) in [5.41, 5.74) is 5.09. The quantitative estimate of drug-likeness (QED) is 0.176. The molecule has 2 aromatic rings. The largest absolute Gasteiger partial charge is 0.387 e. The first-order valence-corrected chi connectivity index (χ1v) is 9.62. The normalized spacial score (nSPS) is 12.0. The number of hydrogen-bond donors (Lipinski definition) is 3. The molecule has 1 aliphatic rings. The standard InChI is InChI=1S/C16H17FN2S.C2H6.CH4N2O/c1-18-14-6-3-5-13(11-8-9-11)16(14)20-10-12-4-2-7-15(17)19-12;1-2;2-3-1-4/h2-7,11,18H,8-10H2,1H3;1-2H3;1H,2H2,(H,3,4). The Kier molecular flexibility index (Phi) is 10.3. The molecule has 26 heavy (non-hydrogen) atoms. The molecule has 1 aromatic heterocycles. The lowest BCUT2D eigenvalue weighted by atomic mass is 10.1. The third-order valence-corrected chi connectivity index (χ3v) is 4.72. The van der Waals surface area contributed by atoms with E-state index in [2.05, 4.69) is 34.3 Å². The Labute approximate surface area is 158 Å². The Bertz CT molecular complexity index is 680. The molecule has 4 N–H and O–H groups in total. The summed E-state index contributed by atoms with van der Waals surface area (Å²) in [7, 11) is 1.94. The Hall–Kier alpha value is -2.12. The van der Waals surface area contributed by atoms with Crippen LogP contribution in [0.2, 0.25) is 0 Å². The molecule has 142 valence electrons. The molecular weight excluding hydrogens is 351 g/mol. The molecule has 0 aliphatic heterocycles. The maximum Gasteiger partial charge on any atom is 0.221 e. The van der Waals surface area contributed by atoms with Gasteiger partial charge in [-0.15, -0.1) is 11.8 Å². The van der Waals surface area contributed by atoms with Gasteiger partial charge in [-0.25, -0.2) is 10.8 Å². The van der Waals surface area contributed by atoms with E-state index in [4.69, 9.17) is 4.79 Å². The molecule has 0 radical (unpaired) electrons. The highest BCUT2D eigenvalue weighted by Gasteiger charge is 2.27. The number of nitrogens with one attached hydrogen (secondary N) is 2. The van der Waals surface area contributed by atoms with Crippen molar-refractivity contribution in [2.45, 2.75) is 43.3 Å². The number of thioether (sulfide) groups is 1. The summed E-state index contributed by atoms with van der Waals surface area (Å²) in [6, 6.07) is 11.4. The van der Waals surface area contributed by atoms with Gasteiger partial charge in [0.05, 0.1) is 5.69 Å². The summed E-state index contributed by atoms with van der Waals surface area (Å²) in [6.45, 7) is 4.00. The van der Waals surface area contributed by atoms with Crippen LogP contribution >= 0.6 is 11.8 Å². The van der Waals surface area contributed by atoms with Gasteiger partial charge in [0.1, 0.15) is 0 Å². The summed E-state index contributed by atoms with van der Waals surface area (Å²) < 4.78 is 13.1. The van der Waals surface area contributed by atoms with E-state index in [9.17, 15) is 4.39 Å². The van der Waals surface area contributed by atoms with Gasteiger partial charge in [0.25, 0.3) is 0 Å². The zero-order valence-corrected chi connectivity index (χ0v) is 16.3. The van der Waals surface area contributed by atoms with E-state index in [-0.39, 0.29) is 0 Å². The number of benzene rings is 1. The Morgan fingerprint density at radius 2 is 1.92 bits per heavy atom. The van der Waals surface area contributed by atoms with Crippen LogP contribution in [-0.2, 0) is 10.5 Å². The highest BCUT2D eigenvalue weighted by Crippen LogP contribution is 2.46. The predicted molar refractivity (Wildman–Crippen MR) is 106 cm³/mol. The fourth-order valence-corrected chi connectivity index (χ4v) is 3.49. The molecule has 1 aromatic carbocycles. The summed E-state index contributed by atoms with van der Waals surface area (Å²) >= 11 is 1.74. The molecule has 1 heterocycles. The van der Waals surface area contributed by atoms with E-state index >= 15 is 0 Å². The van der Waals surface area contributed by atoms with Gasteiger partial charge in [-0.3, -0.25) is 10.2 Å².